The van der Waals surface area contributed by atoms with Gasteiger partial charge in [-0.25, -0.2) is 9.18 Å². The van der Waals surface area contributed by atoms with E-state index in [1.165, 1.54) is 6.07 Å². The molecule has 122 valence electrons. The van der Waals surface area contributed by atoms with Crippen molar-refractivity contribution in [1.29, 1.82) is 0 Å². The Labute approximate surface area is 140 Å². The van der Waals surface area contributed by atoms with Gasteiger partial charge < -0.3 is 10.2 Å². The lowest BCUT2D eigenvalue weighted by molar-refractivity contribution is 0.196. The molecule has 1 heterocycles. The standard InChI is InChI=1S/C16H21Cl2FN2O/c1-11-6-7-12(10-13(11)19)14(15(17)18)20-16(22)21-8-4-2-3-5-9-21/h6-7,10,14-15H,2-5,8-9H2,1H3,(H,20,22)/t14-/m1/s1. The van der Waals surface area contributed by atoms with Gasteiger partial charge in [-0.1, -0.05) is 25.0 Å². The first-order valence-corrected chi connectivity index (χ1v) is 8.46. The lowest BCUT2D eigenvalue weighted by atomic mass is 10.1. The molecule has 22 heavy (non-hydrogen) atoms. The first-order chi connectivity index (χ1) is 10.5. The summed E-state index contributed by atoms with van der Waals surface area (Å²) in [5.74, 6) is -0.333. The maximum atomic E-state index is 13.7. The molecule has 1 N–H and O–H groups in total. The number of carbonyl (C=O) groups is 1. The van der Waals surface area contributed by atoms with Gasteiger partial charge in [-0.3, -0.25) is 0 Å². The van der Waals surface area contributed by atoms with Crippen LogP contribution in [0, 0.1) is 12.7 Å². The molecule has 0 aliphatic carbocycles. The van der Waals surface area contributed by atoms with Crippen LogP contribution in [0.4, 0.5) is 9.18 Å². The number of rotatable bonds is 3. The largest absolute Gasteiger partial charge is 0.328 e. The number of hydrogen-bond acceptors (Lipinski definition) is 1. The van der Waals surface area contributed by atoms with Gasteiger partial charge in [0.05, 0.1) is 6.04 Å². The molecule has 1 aliphatic heterocycles. The molecule has 1 aromatic carbocycles. The van der Waals surface area contributed by atoms with Crippen molar-refractivity contribution in [2.45, 2.75) is 43.5 Å². The minimum atomic E-state index is -0.849. The van der Waals surface area contributed by atoms with Gasteiger partial charge in [-0.2, -0.15) is 0 Å². The van der Waals surface area contributed by atoms with E-state index >= 15 is 0 Å². The molecule has 0 bridgehead atoms. The molecule has 1 aliphatic rings. The zero-order valence-corrected chi connectivity index (χ0v) is 14.1. The van der Waals surface area contributed by atoms with E-state index in [9.17, 15) is 9.18 Å². The van der Waals surface area contributed by atoms with Crippen molar-refractivity contribution in [1.82, 2.24) is 10.2 Å². The van der Waals surface area contributed by atoms with Crippen LogP contribution in [-0.2, 0) is 0 Å². The van der Waals surface area contributed by atoms with Gasteiger partial charge in [0.2, 0.25) is 0 Å². The lowest BCUT2D eigenvalue weighted by Gasteiger charge is -2.26. The number of aryl methyl sites for hydroxylation is 1. The fourth-order valence-electron chi connectivity index (χ4n) is 2.59. The van der Waals surface area contributed by atoms with Crippen molar-refractivity contribution >= 4 is 29.2 Å². The minimum absolute atomic E-state index is 0.195. The van der Waals surface area contributed by atoms with Crippen molar-refractivity contribution in [3.8, 4) is 0 Å². The number of urea groups is 1. The van der Waals surface area contributed by atoms with E-state index < -0.39 is 10.9 Å². The summed E-state index contributed by atoms with van der Waals surface area (Å²) in [5.41, 5.74) is 1.11. The fourth-order valence-corrected chi connectivity index (χ4v) is 3.01. The maximum Gasteiger partial charge on any atom is 0.317 e. The van der Waals surface area contributed by atoms with E-state index in [4.69, 9.17) is 23.2 Å². The Balaban J connectivity index is 2.10. The summed E-state index contributed by atoms with van der Waals surface area (Å²) in [6.07, 6.45) is 4.29. The quantitative estimate of drug-likeness (QED) is 0.799. The number of benzene rings is 1. The number of hydrogen-bond donors (Lipinski definition) is 1. The highest BCUT2D eigenvalue weighted by Crippen LogP contribution is 2.26. The van der Waals surface area contributed by atoms with E-state index in [1.807, 2.05) is 0 Å². The van der Waals surface area contributed by atoms with Crippen LogP contribution in [0.1, 0.15) is 42.9 Å². The third-order valence-electron chi connectivity index (χ3n) is 3.98. The molecule has 1 aromatic rings. The Morgan fingerprint density at radius 2 is 1.86 bits per heavy atom. The van der Waals surface area contributed by atoms with Crippen molar-refractivity contribution < 1.29 is 9.18 Å². The average molecular weight is 347 g/mol. The summed E-state index contributed by atoms with van der Waals surface area (Å²) >= 11 is 12.0. The molecule has 1 atom stereocenters. The van der Waals surface area contributed by atoms with Crippen molar-refractivity contribution in [2.75, 3.05) is 13.1 Å². The second-order valence-electron chi connectivity index (χ2n) is 5.67. The zero-order chi connectivity index (χ0) is 16.1. The predicted molar refractivity (Wildman–Crippen MR) is 87.9 cm³/mol. The summed E-state index contributed by atoms with van der Waals surface area (Å²) in [7, 11) is 0. The molecular weight excluding hydrogens is 326 g/mol. The first kappa shape index (κ1) is 17.4. The maximum absolute atomic E-state index is 13.7. The Morgan fingerprint density at radius 1 is 1.23 bits per heavy atom. The van der Waals surface area contributed by atoms with Crippen LogP contribution in [0.25, 0.3) is 0 Å². The highest BCUT2D eigenvalue weighted by atomic mass is 35.5. The van der Waals surface area contributed by atoms with E-state index in [-0.39, 0.29) is 11.8 Å². The van der Waals surface area contributed by atoms with E-state index in [1.54, 1.807) is 24.0 Å². The normalized spacial score (nSPS) is 17.2. The molecular formula is C16H21Cl2FN2O. The van der Waals surface area contributed by atoms with Gasteiger partial charge in [-0.15, -0.1) is 23.2 Å². The molecule has 0 saturated carbocycles. The SMILES string of the molecule is Cc1ccc([C@@H](NC(=O)N2CCCCCC2)C(Cl)Cl)cc1F. The van der Waals surface area contributed by atoms with Crippen LogP contribution in [0.15, 0.2) is 18.2 Å². The van der Waals surface area contributed by atoms with Gasteiger partial charge in [0.15, 0.2) is 0 Å². The van der Waals surface area contributed by atoms with Gasteiger partial charge in [0.1, 0.15) is 10.7 Å². The highest BCUT2D eigenvalue weighted by molar-refractivity contribution is 6.44. The molecule has 0 aromatic heterocycles. The number of halogens is 3. The van der Waals surface area contributed by atoms with Gasteiger partial charge in [-0.05, 0) is 37.0 Å². The second-order valence-corrected chi connectivity index (χ2v) is 6.84. The molecule has 1 saturated heterocycles. The summed E-state index contributed by atoms with van der Waals surface area (Å²) in [4.78, 5) is 13.3. The molecule has 0 unspecified atom stereocenters. The minimum Gasteiger partial charge on any atom is -0.328 e. The van der Waals surface area contributed by atoms with Crippen molar-refractivity contribution in [3.05, 3.63) is 35.1 Å². The third-order valence-corrected chi connectivity index (χ3v) is 4.48. The second kappa shape index (κ2) is 8.02. The number of carbonyl (C=O) groups excluding carboxylic acids is 1. The van der Waals surface area contributed by atoms with Crippen LogP contribution in [0.5, 0.6) is 0 Å². The summed E-state index contributed by atoms with van der Waals surface area (Å²) in [6.45, 7) is 3.15. The summed E-state index contributed by atoms with van der Waals surface area (Å²) in [5, 5.41) is 2.83. The number of likely N-dealkylation sites (tertiary alicyclic amines) is 1. The van der Waals surface area contributed by atoms with Gasteiger partial charge in [0.25, 0.3) is 0 Å². The van der Waals surface area contributed by atoms with Crippen LogP contribution in [0.2, 0.25) is 0 Å². The van der Waals surface area contributed by atoms with Crippen molar-refractivity contribution in [3.63, 3.8) is 0 Å². The number of nitrogens with zero attached hydrogens (tertiary/aromatic N) is 1. The van der Waals surface area contributed by atoms with Crippen LogP contribution < -0.4 is 5.32 Å². The Morgan fingerprint density at radius 3 is 2.41 bits per heavy atom. The van der Waals surface area contributed by atoms with Crippen LogP contribution >= 0.6 is 23.2 Å². The molecule has 3 nitrogen and oxygen atoms in total. The number of amides is 2. The average Bonchev–Trinajstić information content (AvgIpc) is 2.76. The topological polar surface area (TPSA) is 32.3 Å². The molecule has 0 spiro atoms. The van der Waals surface area contributed by atoms with Gasteiger partial charge in [0, 0.05) is 13.1 Å². The molecule has 1 fully saturated rings. The van der Waals surface area contributed by atoms with Crippen LogP contribution in [-0.4, -0.2) is 28.9 Å². The molecule has 0 radical (unpaired) electrons. The first-order valence-electron chi connectivity index (χ1n) is 7.58. The summed E-state index contributed by atoms with van der Waals surface area (Å²) in [6, 6.07) is 3.95. The summed E-state index contributed by atoms with van der Waals surface area (Å²) < 4.78 is 13.7. The van der Waals surface area contributed by atoms with E-state index in [2.05, 4.69) is 5.32 Å². The number of alkyl halides is 2. The van der Waals surface area contributed by atoms with Gasteiger partial charge >= 0.3 is 6.03 Å². The van der Waals surface area contributed by atoms with Crippen molar-refractivity contribution in [2.24, 2.45) is 0 Å². The third kappa shape index (κ3) is 4.50. The Hall–Kier alpha value is -1.00. The van der Waals surface area contributed by atoms with E-state index in [0.29, 0.717) is 11.1 Å². The lowest BCUT2D eigenvalue weighted by Crippen LogP contribution is -2.43. The Kier molecular flexibility index (Phi) is 6.33. The van der Waals surface area contributed by atoms with Crippen LogP contribution in [0.3, 0.4) is 0 Å². The predicted octanol–water partition coefficient (Wildman–Crippen LogP) is 4.56. The fraction of sp³-hybridized carbons (Fsp3) is 0.562. The highest BCUT2D eigenvalue weighted by Gasteiger charge is 2.25. The smallest absolute Gasteiger partial charge is 0.317 e. The Bertz CT molecular complexity index is 517. The molecule has 2 amide bonds. The number of nitrogens with one attached hydrogen (secondary N) is 1. The van der Waals surface area contributed by atoms with E-state index in [0.717, 1.165) is 38.8 Å². The monoisotopic (exact) mass is 346 g/mol. The molecule has 6 heteroatoms. The molecule has 2 rings (SSSR count). The zero-order valence-electron chi connectivity index (χ0n) is 12.6.